The molecule has 2 aliphatic heterocycles. The molecule has 1 atom stereocenters. The van der Waals surface area contributed by atoms with Gasteiger partial charge in [-0.25, -0.2) is 0 Å². The van der Waals surface area contributed by atoms with E-state index in [1.54, 1.807) is 19.0 Å². The smallest absolute Gasteiger partial charge is 0.253 e. The van der Waals surface area contributed by atoms with E-state index in [1.807, 2.05) is 35.4 Å². The van der Waals surface area contributed by atoms with E-state index in [2.05, 4.69) is 9.88 Å². The average molecular weight is 368 g/mol. The van der Waals surface area contributed by atoms with Gasteiger partial charge in [-0.3, -0.25) is 14.5 Å². The lowest BCUT2D eigenvalue weighted by Crippen LogP contribution is -2.48. The number of amides is 2. The molecule has 2 aliphatic rings. The van der Waals surface area contributed by atoms with Crippen LogP contribution in [0.15, 0.2) is 30.5 Å². The molecular weight excluding hydrogens is 340 g/mol. The molecule has 1 spiro atoms. The summed E-state index contributed by atoms with van der Waals surface area (Å²) in [6.45, 7) is 3.96. The van der Waals surface area contributed by atoms with Crippen LogP contribution in [0.4, 0.5) is 0 Å². The summed E-state index contributed by atoms with van der Waals surface area (Å²) in [6.07, 6.45) is 5.16. The molecule has 0 bridgehead atoms. The van der Waals surface area contributed by atoms with Crippen LogP contribution in [-0.2, 0) is 4.79 Å². The molecule has 6 heteroatoms. The van der Waals surface area contributed by atoms with E-state index >= 15 is 0 Å². The highest BCUT2D eigenvalue weighted by atomic mass is 16.2. The van der Waals surface area contributed by atoms with Crippen LogP contribution in [0, 0.1) is 5.41 Å². The maximum Gasteiger partial charge on any atom is 0.253 e. The number of carbonyl (C=O) groups excluding carboxylic acids is 2. The number of nitrogens with one attached hydrogen (secondary N) is 1. The van der Waals surface area contributed by atoms with Crippen molar-refractivity contribution in [2.24, 2.45) is 5.41 Å². The minimum Gasteiger partial charge on any atom is -0.361 e. The summed E-state index contributed by atoms with van der Waals surface area (Å²) in [5.74, 6) is 0.272. The lowest BCUT2D eigenvalue weighted by Gasteiger charge is -2.40. The molecular formula is C21H28N4O2. The number of H-pyrrole nitrogens is 1. The number of carbonyl (C=O) groups is 2. The van der Waals surface area contributed by atoms with E-state index in [4.69, 9.17) is 0 Å². The largest absolute Gasteiger partial charge is 0.361 e. The predicted octanol–water partition coefficient (Wildman–Crippen LogP) is 2.18. The quantitative estimate of drug-likeness (QED) is 0.903. The number of hydrogen-bond donors (Lipinski definition) is 1. The fourth-order valence-electron chi connectivity index (χ4n) is 4.59. The second-order valence-corrected chi connectivity index (χ2v) is 8.36. The van der Waals surface area contributed by atoms with Crippen molar-refractivity contribution in [1.82, 2.24) is 19.7 Å². The normalized spacial score (nSPS) is 23.3. The van der Waals surface area contributed by atoms with Gasteiger partial charge in [0.15, 0.2) is 0 Å². The highest BCUT2D eigenvalue weighted by molar-refractivity contribution is 5.98. The van der Waals surface area contributed by atoms with Gasteiger partial charge in [0.25, 0.3) is 5.91 Å². The zero-order valence-electron chi connectivity index (χ0n) is 16.2. The third-order valence-electron chi connectivity index (χ3n) is 6.12. The van der Waals surface area contributed by atoms with Crippen molar-refractivity contribution >= 4 is 22.7 Å². The number of likely N-dealkylation sites (tertiary alicyclic amines) is 2. The predicted molar refractivity (Wildman–Crippen MR) is 106 cm³/mol. The number of piperidine rings is 1. The molecule has 1 aromatic carbocycles. The number of nitrogens with zero attached hydrogens (tertiary/aromatic N) is 3. The van der Waals surface area contributed by atoms with Crippen molar-refractivity contribution in [2.75, 3.05) is 46.8 Å². The Labute approximate surface area is 160 Å². The summed E-state index contributed by atoms with van der Waals surface area (Å²) in [5.41, 5.74) is 1.95. The van der Waals surface area contributed by atoms with Crippen LogP contribution in [-0.4, -0.2) is 78.3 Å². The van der Waals surface area contributed by atoms with Gasteiger partial charge in [-0.05, 0) is 50.1 Å². The molecule has 0 aliphatic carbocycles. The number of likely N-dealkylation sites (N-methyl/N-ethyl adjacent to an activating group) is 1. The highest BCUT2D eigenvalue weighted by Crippen LogP contribution is 2.39. The molecule has 6 nitrogen and oxygen atoms in total. The van der Waals surface area contributed by atoms with Gasteiger partial charge in [-0.1, -0.05) is 0 Å². The van der Waals surface area contributed by atoms with E-state index < -0.39 is 0 Å². The van der Waals surface area contributed by atoms with E-state index in [0.29, 0.717) is 6.54 Å². The van der Waals surface area contributed by atoms with Crippen molar-refractivity contribution in [3.63, 3.8) is 0 Å². The van der Waals surface area contributed by atoms with Crippen molar-refractivity contribution < 1.29 is 9.59 Å². The monoisotopic (exact) mass is 368 g/mol. The van der Waals surface area contributed by atoms with Gasteiger partial charge >= 0.3 is 0 Å². The first-order valence-electron chi connectivity index (χ1n) is 9.75. The topological polar surface area (TPSA) is 59.7 Å². The van der Waals surface area contributed by atoms with Gasteiger partial charge in [0.1, 0.15) is 0 Å². The Hall–Kier alpha value is -2.34. The Bertz CT molecular complexity index is 859. The zero-order chi connectivity index (χ0) is 19.0. The summed E-state index contributed by atoms with van der Waals surface area (Å²) in [6, 6.07) is 7.86. The van der Waals surface area contributed by atoms with Crippen LogP contribution in [0.5, 0.6) is 0 Å². The Morgan fingerprint density at radius 3 is 2.81 bits per heavy atom. The average Bonchev–Trinajstić information content (AvgIpc) is 3.27. The second kappa shape index (κ2) is 7.00. The van der Waals surface area contributed by atoms with Crippen molar-refractivity contribution in [3.8, 4) is 0 Å². The fourth-order valence-corrected chi connectivity index (χ4v) is 4.59. The molecule has 1 N–H and O–H groups in total. The van der Waals surface area contributed by atoms with Crippen LogP contribution >= 0.6 is 0 Å². The Kier molecular flexibility index (Phi) is 4.68. The maximum atomic E-state index is 13.0. The molecule has 144 valence electrons. The number of benzene rings is 1. The Morgan fingerprint density at radius 2 is 2.00 bits per heavy atom. The number of aromatic nitrogens is 1. The Balaban J connectivity index is 1.44. The molecule has 4 rings (SSSR count). The molecule has 1 aromatic heterocycles. The van der Waals surface area contributed by atoms with E-state index in [1.165, 1.54) is 0 Å². The minimum absolute atomic E-state index is 0.122. The number of rotatable bonds is 3. The molecule has 0 saturated carbocycles. The van der Waals surface area contributed by atoms with E-state index in [-0.39, 0.29) is 17.2 Å². The van der Waals surface area contributed by atoms with Gasteiger partial charge in [-0.2, -0.15) is 0 Å². The lowest BCUT2D eigenvalue weighted by atomic mass is 9.79. The van der Waals surface area contributed by atoms with Crippen LogP contribution in [0.25, 0.3) is 10.9 Å². The van der Waals surface area contributed by atoms with Crippen molar-refractivity contribution in [2.45, 2.75) is 19.3 Å². The summed E-state index contributed by atoms with van der Waals surface area (Å²) in [4.78, 5) is 34.2. The number of aromatic amines is 1. The standard InChI is InChI=1S/C21H28N4O2/c1-23(2)19(26)13-24-10-3-7-21(14-24)8-11-25(15-21)20(27)17-4-5-18-16(12-17)6-9-22-18/h4-6,9,12,22H,3,7-8,10-11,13-15H2,1-2H3. The van der Waals surface area contributed by atoms with Crippen molar-refractivity contribution in [1.29, 1.82) is 0 Å². The third-order valence-corrected chi connectivity index (χ3v) is 6.12. The van der Waals surface area contributed by atoms with Crippen LogP contribution in [0.2, 0.25) is 0 Å². The van der Waals surface area contributed by atoms with Crippen LogP contribution in [0.1, 0.15) is 29.6 Å². The molecule has 2 saturated heterocycles. The second-order valence-electron chi connectivity index (χ2n) is 8.36. The summed E-state index contributed by atoms with van der Waals surface area (Å²) >= 11 is 0. The van der Waals surface area contributed by atoms with Gasteiger partial charge in [-0.15, -0.1) is 0 Å². The third kappa shape index (κ3) is 3.58. The SMILES string of the molecule is CN(C)C(=O)CN1CCCC2(CCN(C(=O)c3ccc4[nH]ccc4c3)C2)C1. The lowest BCUT2D eigenvalue weighted by molar-refractivity contribution is -0.130. The molecule has 27 heavy (non-hydrogen) atoms. The molecule has 2 amide bonds. The number of fused-ring (bicyclic) bond motifs is 1. The first kappa shape index (κ1) is 18.0. The summed E-state index contributed by atoms with van der Waals surface area (Å²) < 4.78 is 0. The van der Waals surface area contributed by atoms with Crippen LogP contribution in [0.3, 0.4) is 0 Å². The molecule has 1 unspecified atom stereocenters. The summed E-state index contributed by atoms with van der Waals surface area (Å²) in [5, 5.41) is 1.07. The molecule has 2 fully saturated rings. The molecule has 0 radical (unpaired) electrons. The van der Waals surface area contributed by atoms with E-state index in [9.17, 15) is 9.59 Å². The van der Waals surface area contributed by atoms with Gasteiger partial charge in [0.05, 0.1) is 6.54 Å². The van der Waals surface area contributed by atoms with Crippen molar-refractivity contribution in [3.05, 3.63) is 36.0 Å². The highest BCUT2D eigenvalue weighted by Gasteiger charge is 2.43. The van der Waals surface area contributed by atoms with Gasteiger partial charge in [0, 0.05) is 61.8 Å². The van der Waals surface area contributed by atoms with Crippen LogP contribution < -0.4 is 0 Å². The maximum absolute atomic E-state index is 13.0. The first-order valence-corrected chi connectivity index (χ1v) is 9.75. The summed E-state index contributed by atoms with van der Waals surface area (Å²) in [7, 11) is 3.61. The molecule has 3 heterocycles. The van der Waals surface area contributed by atoms with Gasteiger partial charge in [0.2, 0.25) is 5.91 Å². The van der Waals surface area contributed by atoms with E-state index in [0.717, 1.165) is 61.9 Å². The zero-order valence-corrected chi connectivity index (χ0v) is 16.2. The number of hydrogen-bond acceptors (Lipinski definition) is 3. The fraction of sp³-hybridized carbons (Fsp3) is 0.524. The molecule has 2 aromatic rings. The first-order chi connectivity index (χ1) is 13.0. The van der Waals surface area contributed by atoms with Gasteiger partial charge < -0.3 is 14.8 Å². The minimum atomic E-state index is 0.122. The Morgan fingerprint density at radius 1 is 1.15 bits per heavy atom.